The van der Waals surface area contributed by atoms with Gasteiger partial charge in [0.05, 0.1) is 11.5 Å². The number of rotatable bonds is 6. The van der Waals surface area contributed by atoms with Crippen molar-refractivity contribution >= 4 is 56.5 Å². The van der Waals surface area contributed by atoms with Gasteiger partial charge in [0.2, 0.25) is 5.91 Å². The van der Waals surface area contributed by atoms with E-state index in [1.807, 2.05) is 45.0 Å². The lowest BCUT2D eigenvalue weighted by Gasteiger charge is -2.14. The molecule has 1 N–H and O–H groups in total. The van der Waals surface area contributed by atoms with Gasteiger partial charge in [-0.15, -0.1) is 0 Å². The van der Waals surface area contributed by atoms with Crippen LogP contribution in [-0.4, -0.2) is 35.1 Å². The molecule has 0 saturated carbocycles. The number of benzene rings is 2. The molecule has 0 aromatic heterocycles. The Morgan fingerprint density at radius 2 is 2.00 bits per heavy atom. The molecule has 0 atom stereocenters. The third kappa shape index (κ3) is 4.94. The summed E-state index contributed by atoms with van der Waals surface area (Å²) >= 11 is 4.21. The van der Waals surface area contributed by atoms with Gasteiger partial charge in [0.25, 0.3) is 11.1 Å². The third-order valence-electron chi connectivity index (χ3n) is 4.61. The molecule has 0 unspecified atom stereocenters. The number of imide groups is 1. The van der Waals surface area contributed by atoms with Crippen LogP contribution in [0.4, 0.5) is 10.5 Å². The molecular weight excluding hydrogens is 468 g/mol. The lowest BCUT2D eigenvalue weighted by Crippen LogP contribution is -2.36. The summed E-state index contributed by atoms with van der Waals surface area (Å²) in [6, 6.07) is 11.0. The quantitative estimate of drug-likeness (QED) is 0.569. The maximum Gasteiger partial charge on any atom is 0.294 e. The Kier molecular flexibility index (Phi) is 6.99. The number of halogens is 1. The van der Waals surface area contributed by atoms with Crippen molar-refractivity contribution in [2.45, 2.75) is 20.8 Å². The summed E-state index contributed by atoms with van der Waals surface area (Å²) in [5.41, 5.74) is 3.33. The molecule has 1 heterocycles. The summed E-state index contributed by atoms with van der Waals surface area (Å²) < 4.78 is 6.42. The van der Waals surface area contributed by atoms with Crippen LogP contribution in [0, 0.1) is 13.8 Å². The van der Waals surface area contributed by atoms with Crippen molar-refractivity contribution in [3.05, 3.63) is 62.5 Å². The molecule has 0 spiro atoms. The van der Waals surface area contributed by atoms with Gasteiger partial charge < -0.3 is 10.1 Å². The highest BCUT2D eigenvalue weighted by Gasteiger charge is 2.36. The van der Waals surface area contributed by atoms with Crippen molar-refractivity contribution in [2.75, 3.05) is 18.5 Å². The summed E-state index contributed by atoms with van der Waals surface area (Å²) in [6.07, 6.45) is 1.61. The Bertz CT molecular complexity index is 1050. The van der Waals surface area contributed by atoms with Gasteiger partial charge in [0.15, 0.2) is 0 Å². The van der Waals surface area contributed by atoms with E-state index in [0.717, 1.165) is 32.3 Å². The lowest BCUT2D eigenvalue weighted by atomic mass is 10.1. The van der Waals surface area contributed by atoms with Crippen LogP contribution in [0.2, 0.25) is 0 Å². The second-order valence-electron chi connectivity index (χ2n) is 6.68. The first-order valence-electron chi connectivity index (χ1n) is 9.34. The third-order valence-corrected chi connectivity index (χ3v) is 6.01. The highest BCUT2D eigenvalue weighted by molar-refractivity contribution is 9.10. The van der Waals surface area contributed by atoms with Crippen LogP contribution in [0.3, 0.4) is 0 Å². The molecule has 0 bridgehead atoms. The van der Waals surface area contributed by atoms with E-state index in [9.17, 15) is 14.4 Å². The van der Waals surface area contributed by atoms with Crippen molar-refractivity contribution in [3.63, 3.8) is 0 Å². The molecule has 3 amide bonds. The van der Waals surface area contributed by atoms with E-state index in [0.29, 0.717) is 23.6 Å². The molecule has 6 nitrogen and oxygen atoms in total. The number of hydrogen-bond acceptors (Lipinski definition) is 5. The number of amides is 3. The lowest BCUT2D eigenvalue weighted by molar-refractivity contribution is -0.127. The number of carbonyl (C=O) groups is 3. The SMILES string of the molecule is CCOc1ccc(Br)cc1/C=C1/SC(=O)N(CC(=O)Nc2cccc(C)c2C)C1=O. The number of carbonyl (C=O) groups excluding carboxylic acids is 3. The molecule has 1 saturated heterocycles. The van der Waals surface area contributed by atoms with Crippen LogP contribution in [0.5, 0.6) is 5.75 Å². The average molecular weight is 489 g/mol. The Labute approximate surface area is 187 Å². The molecule has 2 aromatic rings. The number of anilines is 1. The first kappa shape index (κ1) is 22.1. The van der Waals surface area contributed by atoms with Crippen molar-refractivity contribution in [3.8, 4) is 5.75 Å². The topological polar surface area (TPSA) is 75.7 Å². The van der Waals surface area contributed by atoms with E-state index in [2.05, 4.69) is 21.2 Å². The first-order chi connectivity index (χ1) is 14.3. The van der Waals surface area contributed by atoms with E-state index < -0.39 is 17.1 Å². The number of nitrogens with one attached hydrogen (secondary N) is 1. The standard InChI is InChI=1S/C22H21BrN2O4S/c1-4-29-18-9-8-16(23)10-15(18)11-19-21(27)25(22(28)30-19)12-20(26)24-17-7-5-6-13(2)14(17)3/h5-11H,4,12H2,1-3H3,(H,24,26)/b19-11+. The molecular formula is C22H21BrN2O4S. The highest BCUT2D eigenvalue weighted by Crippen LogP contribution is 2.35. The van der Waals surface area contributed by atoms with Crippen LogP contribution < -0.4 is 10.1 Å². The second-order valence-corrected chi connectivity index (χ2v) is 8.59. The monoisotopic (exact) mass is 488 g/mol. The molecule has 0 radical (unpaired) electrons. The summed E-state index contributed by atoms with van der Waals surface area (Å²) in [6.45, 7) is 5.86. The fraction of sp³-hybridized carbons (Fsp3) is 0.227. The van der Waals surface area contributed by atoms with Gasteiger partial charge in [-0.1, -0.05) is 28.1 Å². The van der Waals surface area contributed by atoms with Gasteiger partial charge in [0, 0.05) is 15.7 Å². The van der Waals surface area contributed by atoms with Crippen molar-refractivity contribution in [1.82, 2.24) is 4.90 Å². The van der Waals surface area contributed by atoms with Crippen molar-refractivity contribution in [2.24, 2.45) is 0 Å². The van der Waals surface area contributed by atoms with Crippen molar-refractivity contribution < 1.29 is 19.1 Å². The summed E-state index contributed by atoms with van der Waals surface area (Å²) in [7, 11) is 0. The molecule has 30 heavy (non-hydrogen) atoms. The molecule has 3 rings (SSSR count). The Morgan fingerprint density at radius 1 is 1.23 bits per heavy atom. The molecule has 1 aliphatic heterocycles. The largest absolute Gasteiger partial charge is 0.493 e. The highest BCUT2D eigenvalue weighted by atomic mass is 79.9. The molecule has 156 valence electrons. The minimum Gasteiger partial charge on any atom is -0.493 e. The molecule has 0 aliphatic carbocycles. The number of ether oxygens (including phenoxy) is 1. The van der Waals surface area contributed by atoms with Crippen LogP contribution in [0.15, 0.2) is 45.8 Å². The number of nitrogens with zero attached hydrogens (tertiary/aromatic N) is 1. The number of thioether (sulfide) groups is 1. The van der Waals surface area contributed by atoms with E-state index in [4.69, 9.17) is 4.74 Å². The maximum atomic E-state index is 12.8. The Hall–Kier alpha value is -2.58. The van der Waals surface area contributed by atoms with Gasteiger partial charge in [-0.3, -0.25) is 19.3 Å². The van der Waals surface area contributed by atoms with Gasteiger partial charge in [-0.25, -0.2) is 0 Å². The zero-order valence-corrected chi connectivity index (χ0v) is 19.2. The smallest absolute Gasteiger partial charge is 0.294 e. The fourth-order valence-electron chi connectivity index (χ4n) is 2.92. The molecule has 8 heteroatoms. The molecule has 1 fully saturated rings. The van der Waals surface area contributed by atoms with E-state index in [1.54, 1.807) is 18.2 Å². The zero-order valence-electron chi connectivity index (χ0n) is 16.8. The average Bonchev–Trinajstić information content (AvgIpc) is 2.95. The minimum atomic E-state index is -0.497. The zero-order chi connectivity index (χ0) is 21.8. The summed E-state index contributed by atoms with van der Waals surface area (Å²) in [5, 5.41) is 2.30. The van der Waals surface area contributed by atoms with Gasteiger partial charge in [0.1, 0.15) is 12.3 Å². The normalized spacial score (nSPS) is 15.1. The van der Waals surface area contributed by atoms with Gasteiger partial charge >= 0.3 is 0 Å². The Balaban J connectivity index is 1.76. The molecule has 2 aromatic carbocycles. The van der Waals surface area contributed by atoms with Crippen LogP contribution >= 0.6 is 27.7 Å². The fourth-order valence-corrected chi connectivity index (χ4v) is 4.12. The van der Waals surface area contributed by atoms with Crippen LogP contribution in [0.1, 0.15) is 23.6 Å². The first-order valence-corrected chi connectivity index (χ1v) is 10.9. The van der Waals surface area contributed by atoms with Crippen LogP contribution in [-0.2, 0) is 9.59 Å². The predicted octanol–water partition coefficient (Wildman–Crippen LogP) is 5.14. The minimum absolute atomic E-state index is 0.249. The predicted molar refractivity (Wildman–Crippen MR) is 123 cm³/mol. The van der Waals surface area contributed by atoms with Crippen LogP contribution in [0.25, 0.3) is 6.08 Å². The van der Waals surface area contributed by atoms with Gasteiger partial charge in [-0.2, -0.15) is 0 Å². The second kappa shape index (κ2) is 9.49. The van der Waals surface area contributed by atoms with E-state index in [-0.39, 0.29) is 11.4 Å². The van der Waals surface area contributed by atoms with Crippen molar-refractivity contribution in [1.29, 1.82) is 0 Å². The van der Waals surface area contributed by atoms with E-state index >= 15 is 0 Å². The number of aryl methyl sites for hydroxylation is 1. The van der Waals surface area contributed by atoms with Gasteiger partial charge in [-0.05, 0) is 74.0 Å². The summed E-state index contributed by atoms with van der Waals surface area (Å²) in [5.74, 6) is -0.312. The number of hydrogen-bond donors (Lipinski definition) is 1. The maximum absolute atomic E-state index is 12.8. The van der Waals surface area contributed by atoms with E-state index in [1.165, 1.54) is 0 Å². The molecule has 1 aliphatic rings. The Morgan fingerprint density at radius 3 is 2.73 bits per heavy atom. The summed E-state index contributed by atoms with van der Waals surface area (Å²) in [4.78, 5) is 38.8.